The summed E-state index contributed by atoms with van der Waals surface area (Å²) in [6.45, 7) is 8.57. The van der Waals surface area contributed by atoms with Crippen LogP contribution in [-0.2, 0) is 0 Å². The molecule has 106 valence electrons. The van der Waals surface area contributed by atoms with E-state index in [0.717, 1.165) is 12.5 Å². The van der Waals surface area contributed by atoms with Gasteiger partial charge in [-0.1, -0.05) is 33.6 Å². The highest BCUT2D eigenvalue weighted by atomic mass is 16.3. The Morgan fingerprint density at radius 3 is 2.39 bits per heavy atom. The maximum Gasteiger partial charge on any atom is 0.0499 e. The van der Waals surface area contributed by atoms with Crippen molar-refractivity contribution < 1.29 is 5.11 Å². The largest absolute Gasteiger partial charge is 0.396 e. The van der Waals surface area contributed by atoms with E-state index in [0.29, 0.717) is 18.1 Å². The minimum Gasteiger partial charge on any atom is -0.396 e. The molecule has 2 heteroatoms. The fourth-order valence-electron chi connectivity index (χ4n) is 4.11. The van der Waals surface area contributed by atoms with Gasteiger partial charge in [-0.2, -0.15) is 0 Å². The Kier molecular flexibility index (Phi) is 4.38. The summed E-state index contributed by atoms with van der Waals surface area (Å²) in [6, 6.07) is 0.669. The molecule has 0 aliphatic heterocycles. The molecule has 0 radical (unpaired) electrons. The fourth-order valence-corrected chi connectivity index (χ4v) is 4.11. The van der Waals surface area contributed by atoms with Crippen molar-refractivity contribution in [3.8, 4) is 0 Å². The molecule has 2 saturated carbocycles. The van der Waals surface area contributed by atoms with E-state index in [1.165, 1.54) is 44.9 Å². The molecule has 2 aliphatic rings. The first-order valence-electron chi connectivity index (χ1n) is 7.81. The van der Waals surface area contributed by atoms with Gasteiger partial charge < -0.3 is 10.4 Å². The molecule has 0 bridgehead atoms. The zero-order valence-electron chi connectivity index (χ0n) is 12.5. The summed E-state index contributed by atoms with van der Waals surface area (Å²) in [5.74, 6) is 0.769. The molecule has 18 heavy (non-hydrogen) atoms. The van der Waals surface area contributed by atoms with Gasteiger partial charge >= 0.3 is 0 Å². The van der Waals surface area contributed by atoms with Gasteiger partial charge in [-0.05, 0) is 43.4 Å². The molecule has 2 rings (SSSR count). The van der Waals surface area contributed by atoms with Gasteiger partial charge in [-0.15, -0.1) is 0 Å². The second-order valence-electron chi connectivity index (χ2n) is 7.74. The van der Waals surface area contributed by atoms with Gasteiger partial charge in [0.1, 0.15) is 0 Å². The maximum atomic E-state index is 9.65. The van der Waals surface area contributed by atoms with Crippen LogP contribution in [0, 0.1) is 16.7 Å². The Hall–Kier alpha value is -0.0800. The van der Waals surface area contributed by atoms with E-state index in [-0.39, 0.29) is 5.41 Å². The number of aliphatic hydroxyl groups excluding tert-OH is 1. The van der Waals surface area contributed by atoms with E-state index < -0.39 is 0 Å². The van der Waals surface area contributed by atoms with Gasteiger partial charge in [0.05, 0.1) is 0 Å². The lowest BCUT2D eigenvalue weighted by atomic mass is 9.70. The van der Waals surface area contributed by atoms with Crippen LogP contribution >= 0.6 is 0 Å². The highest BCUT2D eigenvalue weighted by Crippen LogP contribution is 2.40. The predicted octanol–water partition coefficient (Wildman–Crippen LogP) is 3.34. The first-order valence-corrected chi connectivity index (χ1v) is 7.81. The lowest BCUT2D eigenvalue weighted by molar-refractivity contribution is 0.101. The number of nitrogens with one attached hydrogen (secondary N) is 1. The molecule has 0 spiro atoms. The monoisotopic (exact) mass is 253 g/mol. The van der Waals surface area contributed by atoms with Crippen LogP contribution in [0.2, 0.25) is 0 Å². The van der Waals surface area contributed by atoms with E-state index in [4.69, 9.17) is 0 Å². The summed E-state index contributed by atoms with van der Waals surface area (Å²) in [5.41, 5.74) is 0.728. The highest BCUT2D eigenvalue weighted by Gasteiger charge is 2.36. The summed E-state index contributed by atoms with van der Waals surface area (Å²) in [7, 11) is 0. The Labute approximate surface area is 113 Å². The minimum atomic E-state index is 0.201. The average Bonchev–Trinajstić information content (AvgIpc) is 2.76. The van der Waals surface area contributed by atoms with E-state index in [1.807, 2.05) is 0 Å². The van der Waals surface area contributed by atoms with Gasteiger partial charge in [0.25, 0.3) is 0 Å². The fraction of sp³-hybridized carbons (Fsp3) is 1.00. The Bertz CT molecular complexity index is 268. The molecule has 2 atom stereocenters. The third kappa shape index (κ3) is 3.27. The molecule has 0 heterocycles. The van der Waals surface area contributed by atoms with Crippen LogP contribution in [0.25, 0.3) is 0 Å². The molecule has 0 aromatic heterocycles. The average molecular weight is 253 g/mol. The summed E-state index contributed by atoms with van der Waals surface area (Å²) < 4.78 is 0. The number of hydrogen-bond donors (Lipinski definition) is 2. The van der Waals surface area contributed by atoms with Crippen molar-refractivity contribution in [3.05, 3.63) is 0 Å². The molecule has 0 saturated heterocycles. The highest BCUT2D eigenvalue weighted by molar-refractivity contribution is 4.91. The third-order valence-corrected chi connectivity index (χ3v) is 5.43. The van der Waals surface area contributed by atoms with Crippen molar-refractivity contribution >= 4 is 0 Å². The van der Waals surface area contributed by atoms with E-state index in [1.54, 1.807) is 0 Å². The second kappa shape index (κ2) is 5.50. The van der Waals surface area contributed by atoms with Crippen molar-refractivity contribution in [2.24, 2.45) is 16.7 Å². The quantitative estimate of drug-likeness (QED) is 0.805. The normalized spacial score (nSPS) is 34.7. The van der Waals surface area contributed by atoms with Crippen LogP contribution < -0.4 is 5.32 Å². The van der Waals surface area contributed by atoms with Crippen molar-refractivity contribution in [1.29, 1.82) is 0 Å². The number of rotatable bonds is 4. The second-order valence-corrected chi connectivity index (χ2v) is 7.74. The molecule has 0 amide bonds. The molecule has 0 aromatic rings. The predicted molar refractivity (Wildman–Crippen MR) is 76.6 cm³/mol. The lowest BCUT2D eigenvalue weighted by Crippen LogP contribution is -2.46. The van der Waals surface area contributed by atoms with Gasteiger partial charge in [0.15, 0.2) is 0 Å². The van der Waals surface area contributed by atoms with Gasteiger partial charge in [-0.3, -0.25) is 0 Å². The molecule has 2 N–H and O–H groups in total. The van der Waals surface area contributed by atoms with Crippen molar-refractivity contribution in [3.63, 3.8) is 0 Å². The van der Waals surface area contributed by atoms with E-state index in [2.05, 4.69) is 26.1 Å². The van der Waals surface area contributed by atoms with Crippen LogP contribution in [0.5, 0.6) is 0 Å². The third-order valence-electron chi connectivity index (χ3n) is 5.43. The maximum absolute atomic E-state index is 9.65. The summed E-state index contributed by atoms with van der Waals surface area (Å²) >= 11 is 0. The molecular formula is C16H31NO. The Morgan fingerprint density at radius 2 is 1.83 bits per heavy atom. The van der Waals surface area contributed by atoms with Gasteiger partial charge in [0.2, 0.25) is 0 Å². The standard InChI is InChI=1S/C16H31NO/c1-13-10-15(2,3)9-6-14(13)17-11-16(12-18)7-4-5-8-16/h13-14,17-18H,4-12H2,1-3H3. The SMILES string of the molecule is CC1CC(C)(C)CCC1NCC1(CO)CCCC1. The lowest BCUT2D eigenvalue weighted by Gasteiger charge is -2.41. The van der Waals surface area contributed by atoms with Crippen molar-refractivity contribution in [1.82, 2.24) is 5.32 Å². The van der Waals surface area contributed by atoms with Crippen molar-refractivity contribution in [2.75, 3.05) is 13.2 Å². The first-order chi connectivity index (χ1) is 8.46. The summed E-state index contributed by atoms with van der Waals surface area (Å²) in [4.78, 5) is 0. The topological polar surface area (TPSA) is 32.3 Å². The van der Waals surface area contributed by atoms with Crippen LogP contribution in [0.3, 0.4) is 0 Å². The van der Waals surface area contributed by atoms with Gasteiger partial charge in [0, 0.05) is 24.6 Å². The number of hydrogen-bond acceptors (Lipinski definition) is 2. The molecule has 2 unspecified atom stereocenters. The smallest absolute Gasteiger partial charge is 0.0499 e. The Balaban J connectivity index is 1.83. The summed E-state index contributed by atoms with van der Waals surface area (Å²) in [6.07, 6.45) is 8.99. The van der Waals surface area contributed by atoms with Crippen LogP contribution in [0.15, 0.2) is 0 Å². The minimum absolute atomic E-state index is 0.201. The van der Waals surface area contributed by atoms with E-state index in [9.17, 15) is 5.11 Å². The van der Waals surface area contributed by atoms with Gasteiger partial charge in [-0.25, -0.2) is 0 Å². The van der Waals surface area contributed by atoms with Crippen molar-refractivity contribution in [2.45, 2.75) is 71.8 Å². The first kappa shape index (κ1) is 14.3. The molecule has 2 nitrogen and oxygen atoms in total. The van der Waals surface area contributed by atoms with Crippen LogP contribution in [0.4, 0.5) is 0 Å². The Morgan fingerprint density at radius 1 is 1.17 bits per heavy atom. The zero-order chi connectivity index (χ0) is 13.2. The van der Waals surface area contributed by atoms with Crippen LogP contribution in [-0.4, -0.2) is 24.3 Å². The molecular weight excluding hydrogens is 222 g/mol. The molecule has 0 aromatic carbocycles. The van der Waals surface area contributed by atoms with E-state index >= 15 is 0 Å². The molecule has 2 aliphatic carbocycles. The van der Waals surface area contributed by atoms with Crippen LogP contribution in [0.1, 0.15) is 65.7 Å². The summed E-state index contributed by atoms with van der Waals surface area (Å²) in [5, 5.41) is 13.4. The number of aliphatic hydroxyl groups is 1. The molecule has 2 fully saturated rings. The zero-order valence-corrected chi connectivity index (χ0v) is 12.5.